The van der Waals surface area contributed by atoms with Crippen LogP contribution in [0.15, 0.2) is 55.1 Å². The first-order valence-corrected chi connectivity index (χ1v) is 8.52. The van der Waals surface area contributed by atoms with Crippen LogP contribution in [0.4, 0.5) is 10.1 Å². The van der Waals surface area contributed by atoms with E-state index in [1.54, 1.807) is 46.8 Å². The van der Waals surface area contributed by atoms with E-state index >= 15 is 0 Å². The number of halogens is 1. The number of amides is 2. The molecule has 2 amide bonds. The Morgan fingerprint density at radius 2 is 1.89 bits per heavy atom. The van der Waals surface area contributed by atoms with Crippen LogP contribution >= 0.6 is 0 Å². The van der Waals surface area contributed by atoms with Gasteiger partial charge in [0, 0.05) is 24.4 Å². The highest BCUT2D eigenvalue weighted by molar-refractivity contribution is 6.18. The average molecular weight is 369 g/mol. The van der Waals surface area contributed by atoms with Crippen molar-refractivity contribution in [3.05, 3.63) is 72.1 Å². The van der Waals surface area contributed by atoms with Crippen molar-refractivity contribution in [2.75, 3.05) is 18.0 Å². The minimum atomic E-state index is -0.680. The zero-order valence-corrected chi connectivity index (χ0v) is 14.6. The molecule has 1 saturated heterocycles. The molecule has 7 heteroatoms. The molecule has 1 heterocycles. The molecule has 0 spiro atoms. The van der Waals surface area contributed by atoms with E-state index in [9.17, 15) is 14.0 Å². The number of nitrogens with one attached hydrogen (secondary N) is 2. The van der Waals surface area contributed by atoms with Gasteiger partial charge in [-0.05, 0) is 41.8 Å². The molecule has 1 unspecified atom stereocenters. The van der Waals surface area contributed by atoms with Crippen molar-refractivity contribution >= 4 is 23.1 Å². The molecule has 140 valence electrons. The van der Waals surface area contributed by atoms with E-state index < -0.39 is 5.91 Å². The lowest BCUT2D eigenvalue weighted by molar-refractivity contribution is -0.123. The zero-order chi connectivity index (χ0) is 19.4. The van der Waals surface area contributed by atoms with E-state index in [0.29, 0.717) is 30.8 Å². The standard InChI is InChI=1S/C20H20FN3O3/c1-13(19(25)23-27)15-4-8-17(9-5-15)24-11-10-22-18(20(24)26)12-14-2-6-16(21)7-3-14/h2-9,18,22,27H,1,10-12H2,(H,23,25). The summed E-state index contributed by atoms with van der Waals surface area (Å²) in [5.41, 5.74) is 3.82. The molecule has 2 aromatic carbocycles. The van der Waals surface area contributed by atoms with Crippen molar-refractivity contribution in [3.8, 4) is 0 Å². The summed E-state index contributed by atoms with van der Waals surface area (Å²) in [6.45, 7) is 4.79. The molecule has 0 radical (unpaired) electrons. The summed E-state index contributed by atoms with van der Waals surface area (Å²) in [5, 5.41) is 11.9. The SMILES string of the molecule is C=C(C(=O)NO)c1ccc(N2CCNC(Cc3ccc(F)cc3)C2=O)cc1. The maximum absolute atomic E-state index is 13.1. The van der Waals surface area contributed by atoms with Gasteiger partial charge in [0.25, 0.3) is 5.91 Å². The molecule has 0 aromatic heterocycles. The van der Waals surface area contributed by atoms with Crippen LogP contribution in [0.25, 0.3) is 5.57 Å². The molecule has 27 heavy (non-hydrogen) atoms. The number of hydrogen-bond acceptors (Lipinski definition) is 4. The Morgan fingerprint density at radius 1 is 1.22 bits per heavy atom. The molecule has 0 aliphatic carbocycles. The van der Waals surface area contributed by atoms with E-state index in [2.05, 4.69) is 11.9 Å². The van der Waals surface area contributed by atoms with Crippen LogP contribution in [0.5, 0.6) is 0 Å². The Morgan fingerprint density at radius 3 is 2.52 bits per heavy atom. The predicted molar refractivity (Wildman–Crippen MR) is 99.7 cm³/mol. The molecule has 1 fully saturated rings. The highest BCUT2D eigenvalue weighted by atomic mass is 19.1. The van der Waals surface area contributed by atoms with Crippen LogP contribution in [0.1, 0.15) is 11.1 Å². The number of carbonyl (C=O) groups excluding carboxylic acids is 2. The van der Waals surface area contributed by atoms with E-state index in [4.69, 9.17) is 5.21 Å². The summed E-state index contributed by atoms with van der Waals surface area (Å²) in [6.07, 6.45) is 0.473. The number of hydrogen-bond donors (Lipinski definition) is 3. The van der Waals surface area contributed by atoms with Crippen LogP contribution in [-0.4, -0.2) is 36.2 Å². The van der Waals surface area contributed by atoms with E-state index in [1.807, 2.05) is 0 Å². The van der Waals surface area contributed by atoms with Gasteiger partial charge in [0.15, 0.2) is 0 Å². The van der Waals surface area contributed by atoms with Gasteiger partial charge in [-0.3, -0.25) is 14.8 Å². The first kappa shape index (κ1) is 18.8. The molecule has 3 rings (SSSR count). The van der Waals surface area contributed by atoms with Gasteiger partial charge in [-0.2, -0.15) is 0 Å². The third-order valence-electron chi connectivity index (χ3n) is 4.55. The Labute approximate surface area is 156 Å². The lowest BCUT2D eigenvalue weighted by Gasteiger charge is -2.33. The number of hydroxylamine groups is 1. The highest BCUT2D eigenvalue weighted by Gasteiger charge is 2.29. The fraction of sp³-hybridized carbons (Fsp3) is 0.200. The van der Waals surface area contributed by atoms with Crippen LogP contribution in [-0.2, 0) is 16.0 Å². The number of rotatable bonds is 5. The second-order valence-corrected chi connectivity index (χ2v) is 6.29. The van der Waals surface area contributed by atoms with Crippen LogP contribution < -0.4 is 15.7 Å². The highest BCUT2D eigenvalue weighted by Crippen LogP contribution is 2.22. The Hall–Kier alpha value is -3.03. The predicted octanol–water partition coefficient (Wildman–Crippen LogP) is 1.89. The van der Waals surface area contributed by atoms with Gasteiger partial charge in [-0.15, -0.1) is 0 Å². The van der Waals surface area contributed by atoms with Gasteiger partial charge in [-0.25, -0.2) is 9.87 Å². The van der Waals surface area contributed by atoms with Crippen LogP contribution in [0, 0.1) is 5.82 Å². The Balaban J connectivity index is 1.72. The van der Waals surface area contributed by atoms with Crippen molar-refractivity contribution < 1.29 is 19.2 Å². The molecule has 1 aliphatic heterocycles. The summed E-state index contributed by atoms with van der Waals surface area (Å²) in [7, 11) is 0. The summed E-state index contributed by atoms with van der Waals surface area (Å²) in [4.78, 5) is 26.0. The number of nitrogens with zero attached hydrogens (tertiary/aromatic N) is 1. The average Bonchev–Trinajstić information content (AvgIpc) is 2.70. The van der Waals surface area contributed by atoms with E-state index in [-0.39, 0.29) is 23.3 Å². The number of carbonyl (C=O) groups is 2. The summed E-state index contributed by atoms with van der Waals surface area (Å²) < 4.78 is 13.1. The van der Waals surface area contributed by atoms with Crippen molar-refractivity contribution in [3.63, 3.8) is 0 Å². The summed E-state index contributed by atoms with van der Waals surface area (Å²) in [5.74, 6) is -1.05. The summed E-state index contributed by atoms with van der Waals surface area (Å²) >= 11 is 0. The minimum absolute atomic E-state index is 0.0646. The van der Waals surface area contributed by atoms with Crippen molar-refractivity contribution in [1.29, 1.82) is 0 Å². The molecular weight excluding hydrogens is 349 g/mol. The van der Waals surface area contributed by atoms with E-state index in [1.165, 1.54) is 12.1 Å². The quantitative estimate of drug-likeness (QED) is 0.427. The Bertz CT molecular complexity index is 850. The van der Waals surface area contributed by atoms with Crippen molar-refractivity contribution in [2.24, 2.45) is 0 Å². The number of anilines is 1. The van der Waals surface area contributed by atoms with Crippen LogP contribution in [0.2, 0.25) is 0 Å². The van der Waals surface area contributed by atoms with Gasteiger partial charge >= 0.3 is 0 Å². The van der Waals surface area contributed by atoms with Crippen molar-refractivity contribution in [2.45, 2.75) is 12.5 Å². The van der Waals surface area contributed by atoms with Gasteiger partial charge < -0.3 is 10.2 Å². The molecule has 3 N–H and O–H groups in total. The zero-order valence-electron chi connectivity index (χ0n) is 14.6. The number of piperazine rings is 1. The van der Waals surface area contributed by atoms with Crippen molar-refractivity contribution in [1.82, 2.24) is 10.8 Å². The lowest BCUT2D eigenvalue weighted by atomic mass is 10.0. The lowest BCUT2D eigenvalue weighted by Crippen LogP contribution is -2.56. The summed E-state index contributed by atoms with van der Waals surface area (Å²) in [6, 6.07) is 12.6. The first-order chi connectivity index (χ1) is 13.0. The van der Waals surface area contributed by atoms with Gasteiger partial charge in [-0.1, -0.05) is 30.8 Å². The molecule has 0 saturated carbocycles. The van der Waals surface area contributed by atoms with Gasteiger partial charge in [0.1, 0.15) is 5.82 Å². The molecule has 2 aromatic rings. The monoisotopic (exact) mass is 369 g/mol. The molecule has 1 aliphatic rings. The Kier molecular flexibility index (Phi) is 5.63. The largest absolute Gasteiger partial charge is 0.310 e. The van der Waals surface area contributed by atoms with Gasteiger partial charge in [0.2, 0.25) is 5.91 Å². The third kappa shape index (κ3) is 4.21. The maximum atomic E-state index is 13.1. The van der Waals surface area contributed by atoms with E-state index in [0.717, 1.165) is 5.56 Å². The molecule has 6 nitrogen and oxygen atoms in total. The smallest absolute Gasteiger partial charge is 0.274 e. The molecular formula is C20H20FN3O3. The topological polar surface area (TPSA) is 81.7 Å². The fourth-order valence-electron chi connectivity index (χ4n) is 3.05. The van der Waals surface area contributed by atoms with Gasteiger partial charge in [0.05, 0.1) is 6.04 Å². The minimum Gasteiger partial charge on any atom is -0.310 e. The fourth-order valence-corrected chi connectivity index (χ4v) is 3.05. The second kappa shape index (κ2) is 8.11. The normalized spacial score (nSPS) is 16.9. The maximum Gasteiger partial charge on any atom is 0.274 e. The van der Waals surface area contributed by atoms with Crippen LogP contribution in [0.3, 0.4) is 0 Å². The first-order valence-electron chi connectivity index (χ1n) is 8.52. The third-order valence-corrected chi connectivity index (χ3v) is 4.55. The number of benzene rings is 2. The molecule has 1 atom stereocenters. The second-order valence-electron chi connectivity index (χ2n) is 6.29. The molecule has 0 bridgehead atoms.